The smallest absolute Gasteiger partial charge is 0.193 e. The predicted molar refractivity (Wildman–Crippen MR) is 105 cm³/mol. The van der Waals surface area contributed by atoms with Gasteiger partial charge in [0.05, 0.1) is 14.2 Å². The molecule has 0 amide bonds. The van der Waals surface area contributed by atoms with Crippen molar-refractivity contribution in [3.8, 4) is 11.5 Å². The minimum absolute atomic E-state index is 0. The highest BCUT2D eigenvalue weighted by molar-refractivity contribution is 14.0. The van der Waals surface area contributed by atoms with Crippen LogP contribution in [0.4, 0.5) is 5.69 Å². The van der Waals surface area contributed by atoms with E-state index in [0.717, 1.165) is 18.7 Å². The van der Waals surface area contributed by atoms with Gasteiger partial charge < -0.3 is 25.3 Å². The minimum atomic E-state index is 0. The van der Waals surface area contributed by atoms with Crippen LogP contribution in [0, 0.1) is 5.92 Å². The van der Waals surface area contributed by atoms with Gasteiger partial charge in [0.2, 0.25) is 0 Å². The van der Waals surface area contributed by atoms with Gasteiger partial charge in [-0.3, -0.25) is 4.99 Å². The molecule has 0 aromatic heterocycles. The van der Waals surface area contributed by atoms with Gasteiger partial charge in [0.1, 0.15) is 0 Å². The first-order valence-electron chi connectivity index (χ1n) is 7.43. The Hall–Kier alpha value is -1.22. The van der Waals surface area contributed by atoms with E-state index >= 15 is 0 Å². The second kappa shape index (κ2) is 12.2. The third-order valence-corrected chi connectivity index (χ3v) is 2.84. The molecular weight excluding hydrogens is 409 g/mol. The van der Waals surface area contributed by atoms with E-state index in [0.29, 0.717) is 36.5 Å². The summed E-state index contributed by atoms with van der Waals surface area (Å²) in [5, 5.41) is 3.03. The fraction of sp³-hybridized carbons (Fsp3) is 0.562. The van der Waals surface area contributed by atoms with Crippen molar-refractivity contribution < 1.29 is 14.2 Å². The van der Waals surface area contributed by atoms with E-state index in [4.69, 9.17) is 19.9 Å². The zero-order valence-electron chi connectivity index (χ0n) is 14.3. The Labute approximate surface area is 155 Å². The van der Waals surface area contributed by atoms with Crippen LogP contribution >= 0.6 is 24.0 Å². The summed E-state index contributed by atoms with van der Waals surface area (Å²) in [6.45, 7) is 6.37. The third kappa shape index (κ3) is 8.85. The number of guanidine groups is 1. The van der Waals surface area contributed by atoms with Crippen molar-refractivity contribution in [1.29, 1.82) is 0 Å². The fourth-order valence-corrected chi connectivity index (χ4v) is 1.79. The van der Waals surface area contributed by atoms with Crippen LogP contribution in [0.1, 0.15) is 20.3 Å². The molecule has 1 rings (SSSR count). The summed E-state index contributed by atoms with van der Waals surface area (Å²) in [4.78, 5) is 4.27. The fourth-order valence-electron chi connectivity index (χ4n) is 1.79. The summed E-state index contributed by atoms with van der Waals surface area (Å²) >= 11 is 0. The molecule has 0 bridgehead atoms. The Morgan fingerprint density at radius 2 is 1.91 bits per heavy atom. The number of halogens is 1. The molecule has 0 fully saturated rings. The summed E-state index contributed by atoms with van der Waals surface area (Å²) in [5.74, 6) is 2.24. The number of ether oxygens (including phenoxy) is 3. The molecule has 0 aliphatic rings. The number of methoxy groups -OCH3 is 2. The second-order valence-corrected chi connectivity index (χ2v) is 5.28. The van der Waals surface area contributed by atoms with Crippen LogP contribution in [-0.2, 0) is 4.74 Å². The number of hydrogen-bond donors (Lipinski definition) is 2. The highest BCUT2D eigenvalue weighted by atomic mass is 127. The van der Waals surface area contributed by atoms with E-state index in [1.807, 2.05) is 18.2 Å². The number of nitrogens with two attached hydrogens (primary N) is 1. The van der Waals surface area contributed by atoms with E-state index in [1.54, 1.807) is 14.2 Å². The second-order valence-electron chi connectivity index (χ2n) is 5.28. The molecule has 0 aliphatic carbocycles. The number of aliphatic imine (C=N–C) groups is 1. The van der Waals surface area contributed by atoms with Gasteiger partial charge in [-0.1, -0.05) is 13.8 Å². The molecule has 3 N–H and O–H groups in total. The van der Waals surface area contributed by atoms with E-state index in [2.05, 4.69) is 24.2 Å². The van der Waals surface area contributed by atoms with E-state index in [9.17, 15) is 0 Å². The van der Waals surface area contributed by atoms with Crippen molar-refractivity contribution >= 4 is 35.6 Å². The summed E-state index contributed by atoms with van der Waals surface area (Å²) in [6, 6.07) is 5.48. The molecule has 0 spiro atoms. The maximum absolute atomic E-state index is 5.86. The molecule has 0 radical (unpaired) electrons. The van der Waals surface area contributed by atoms with Crippen LogP contribution < -0.4 is 20.5 Å². The van der Waals surface area contributed by atoms with Gasteiger partial charge in [-0.05, 0) is 24.5 Å². The largest absolute Gasteiger partial charge is 0.493 e. The highest BCUT2D eigenvalue weighted by Crippen LogP contribution is 2.29. The molecule has 23 heavy (non-hydrogen) atoms. The van der Waals surface area contributed by atoms with Crippen molar-refractivity contribution in [2.24, 2.45) is 16.6 Å². The lowest BCUT2D eigenvalue weighted by Crippen LogP contribution is -2.23. The number of anilines is 1. The zero-order valence-corrected chi connectivity index (χ0v) is 16.6. The topological polar surface area (TPSA) is 78.1 Å². The maximum atomic E-state index is 5.86. The Morgan fingerprint density at radius 3 is 2.52 bits per heavy atom. The van der Waals surface area contributed by atoms with Crippen molar-refractivity contribution in [3.05, 3.63) is 18.2 Å². The number of rotatable bonds is 9. The SMILES string of the molecule is COc1ccc(NC(N)=NCCCOCC(C)C)cc1OC.I. The normalized spacial score (nSPS) is 11.1. The van der Waals surface area contributed by atoms with Crippen LogP contribution in [0.25, 0.3) is 0 Å². The minimum Gasteiger partial charge on any atom is -0.493 e. The molecule has 0 aliphatic heterocycles. The van der Waals surface area contributed by atoms with Crippen LogP contribution in [0.5, 0.6) is 11.5 Å². The standard InChI is InChI=1S/C16H27N3O3.HI/c1-12(2)11-22-9-5-8-18-16(17)19-13-6-7-14(20-3)15(10-13)21-4;/h6-7,10,12H,5,8-9,11H2,1-4H3,(H3,17,18,19);1H. The van der Waals surface area contributed by atoms with E-state index < -0.39 is 0 Å². The first kappa shape index (κ1) is 21.8. The molecule has 0 saturated heterocycles. The first-order valence-corrected chi connectivity index (χ1v) is 7.43. The first-order chi connectivity index (χ1) is 10.6. The van der Waals surface area contributed by atoms with Crippen LogP contribution in [0.3, 0.4) is 0 Å². The van der Waals surface area contributed by atoms with Crippen LogP contribution in [-0.4, -0.2) is 39.9 Å². The quantitative estimate of drug-likeness (QED) is 0.269. The predicted octanol–water partition coefficient (Wildman–Crippen LogP) is 3.11. The summed E-state index contributed by atoms with van der Waals surface area (Å²) in [6.07, 6.45) is 0.848. The van der Waals surface area contributed by atoms with Crippen molar-refractivity contribution in [3.63, 3.8) is 0 Å². The lowest BCUT2D eigenvalue weighted by molar-refractivity contribution is 0.109. The van der Waals surface area contributed by atoms with E-state index in [1.165, 1.54) is 0 Å². The van der Waals surface area contributed by atoms with Crippen LogP contribution in [0.15, 0.2) is 23.2 Å². The molecule has 1 aromatic rings. The molecule has 0 atom stereocenters. The summed E-state index contributed by atoms with van der Waals surface area (Å²) < 4.78 is 15.9. The zero-order chi connectivity index (χ0) is 16.4. The van der Waals surface area contributed by atoms with Crippen molar-refractivity contribution in [1.82, 2.24) is 0 Å². The summed E-state index contributed by atoms with van der Waals surface area (Å²) in [5.41, 5.74) is 6.66. The highest BCUT2D eigenvalue weighted by Gasteiger charge is 2.04. The number of nitrogens with zero attached hydrogens (tertiary/aromatic N) is 1. The van der Waals surface area contributed by atoms with Gasteiger partial charge >= 0.3 is 0 Å². The number of nitrogens with one attached hydrogen (secondary N) is 1. The number of benzene rings is 1. The van der Waals surface area contributed by atoms with Gasteiger partial charge in [0.25, 0.3) is 0 Å². The van der Waals surface area contributed by atoms with Gasteiger partial charge in [0, 0.05) is 31.5 Å². The van der Waals surface area contributed by atoms with Crippen LogP contribution in [0.2, 0.25) is 0 Å². The van der Waals surface area contributed by atoms with Gasteiger partial charge in [-0.25, -0.2) is 0 Å². The lowest BCUT2D eigenvalue weighted by Gasteiger charge is -2.11. The van der Waals surface area contributed by atoms with Gasteiger partial charge in [-0.2, -0.15) is 0 Å². The molecule has 0 heterocycles. The Bertz CT molecular complexity index is 482. The lowest BCUT2D eigenvalue weighted by atomic mass is 10.2. The average molecular weight is 437 g/mol. The van der Waals surface area contributed by atoms with E-state index in [-0.39, 0.29) is 24.0 Å². The Kier molecular flexibility index (Phi) is 11.6. The Morgan fingerprint density at radius 1 is 1.22 bits per heavy atom. The average Bonchev–Trinajstić information content (AvgIpc) is 2.50. The molecule has 132 valence electrons. The molecule has 6 nitrogen and oxygen atoms in total. The molecule has 0 unspecified atom stereocenters. The molecular formula is C16H28IN3O3. The number of hydrogen-bond acceptors (Lipinski definition) is 4. The summed E-state index contributed by atoms with van der Waals surface area (Å²) in [7, 11) is 3.19. The maximum Gasteiger partial charge on any atom is 0.193 e. The van der Waals surface area contributed by atoms with Gasteiger partial charge in [-0.15, -0.1) is 24.0 Å². The van der Waals surface area contributed by atoms with Crippen molar-refractivity contribution in [2.75, 3.05) is 39.3 Å². The van der Waals surface area contributed by atoms with Crippen molar-refractivity contribution in [2.45, 2.75) is 20.3 Å². The third-order valence-electron chi connectivity index (χ3n) is 2.84. The monoisotopic (exact) mass is 437 g/mol. The van der Waals surface area contributed by atoms with Gasteiger partial charge in [0.15, 0.2) is 17.5 Å². The molecule has 7 heteroatoms. The Balaban J connectivity index is 0.00000484. The molecule has 0 saturated carbocycles. The molecule has 1 aromatic carbocycles.